The summed E-state index contributed by atoms with van der Waals surface area (Å²) in [6.07, 6.45) is 4.73. The lowest BCUT2D eigenvalue weighted by Gasteiger charge is -1.96. The Kier molecular flexibility index (Phi) is 3.94. The molecule has 0 aliphatic rings. The van der Waals surface area contributed by atoms with Gasteiger partial charge in [0.15, 0.2) is 5.82 Å². The van der Waals surface area contributed by atoms with Crippen LogP contribution in [0.2, 0.25) is 5.02 Å². The fraction of sp³-hybridized carbons (Fsp3) is 0.0714. The zero-order valence-electron chi connectivity index (χ0n) is 11.3. The van der Waals surface area contributed by atoms with E-state index in [1.165, 1.54) is 6.33 Å². The Bertz CT molecular complexity index is 825. The molecule has 8 heteroatoms. The number of aromatic nitrogens is 6. The second-order valence-corrected chi connectivity index (χ2v) is 4.86. The average Bonchev–Trinajstić information content (AvgIpc) is 3.19. The predicted octanol–water partition coefficient (Wildman–Crippen LogP) is 2.16. The molecule has 0 bridgehead atoms. The second kappa shape index (κ2) is 6.20. The van der Waals surface area contributed by atoms with Crippen molar-refractivity contribution in [2.75, 3.05) is 0 Å². The summed E-state index contributed by atoms with van der Waals surface area (Å²) in [6.45, 7) is 0.409. The summed E-state index contributed by atoms with van der Waals surface area (Å²) in [7, 11) is 0. The number of allylic oxidation sites excluding steroid dienone is 1. The topological polar surface area (TPSA) is 96.1 Å². The van der Waals surface area contributed by atoms with Crippen molar-refractivity contribution in [3.63, 3.8) is 0 Å². The molecule has 0 aliphatic carbocycles. The highest BCUT2D eigenvalue weighted by Crippen LogP contribution is 2.16. The highest BCUT2D eigenvalue weighted by molar-refractivity contribution is 6.30. The van der Waals surface area contributed by atoms with E-state index in [2.05, 4.69) is 31.3 Å². The van der Waals surface area contributed by atoms with Gasteiger partial charge in [0.2, 0.25) is 0 Å². The summed E-state index contributed by atoms with van der Waals surface area (Å²) in [5, 5.41) is 20.8. The highest BCUT2D eigenvalue weighted by Gasteiger charge is 2.09. The lowest BCUT2D eigenvalue weighted by molar-refractivity contribution is 0.655. The Morgan fingerprint density at radius 1 is 1.36 bits per heavy atom. The molecule has 2 aromatic heterocycles. The smallest absolute Gasteiger partial charge is 0.191 e. The molecule has 7 nitrogen and oxygen atoms in total. The highest BCUT2D eigenvalue weighted by atomic mass is 35.5. The van der Waals surface area contributed by atoms with E-state index < -0.39 is 0 Å². The molecule has 108 valence electrons. The first-order valence-electron chi connectivity index (χ1n) is 6.36. The number of benzene rings is 1. The molecule has 0 saturated heterocycles. The summed E-state index contributed by atoms with van der Waals surface area (Å²) in [4.78, 5) is 8.15. The number of nitrogens with one attached hydrogen (secondary N) is 1. The third kappa shape index (κ3) is 3.19. The Hall–Kier alpha value is -2.98. The maximum Gasteiger partial charge on any atom is 0.191 e. The van der Waals surface area contributed by atoms with E-state index in [1.54, 1.807) is 29.2 Å². The van der Waals surface area contributed by atoms with Crippen molar-refractivity contribution in [1.29, 1.82) is 5.26 Å². The van der Waals surface area contributed by atoms with E-state index in [-0.39, 0.29) is 0 Å². The number of H-pyrrole nitrogens is 1. The quantitative estimate of drug-likeness (QED) is 0.745. The van der Waals surface area contributed by atoms with Crippen molar-refractivity contribution in [3.8, 4) is 6.07 Å². The number of hydrogen-bond acceptors (Lipinski definition) is 5. The molecule has 0 aliphatic heterocycles. The first-order chi connectivity index (χ1) is 10.7. The molecule has 0 fully saturated rings. The van der Waals surface area contributed by atoms with Crippen LogP contribution in [0.5, 0.6) is 0 Å². The van der Waals surface area contributed by atoms with Gasteiger partial charge in [-0.15, -0.1) is 0 Å². The van der Waals surface area contributed by atoms with Gasteiger partial charge in [0.05, 0.1) is 5.57 Å². The molecule has 0 saturated carbocycles. The Labute approximate surface area is 130 Å². The maximum atomic E-state index is 9.30. The van der Waals surface area contributed by atoms with Gasteiger partial charge in [0, 0.05) is 5.02 Å². The van der Waals surface area contributed by atoms with Crippen molar-refractivity contribution in [1.82, 2.24) is 29.9 Å². The molecule has 0 amide bonds. The van der Waals surface area contributed by atoms with Gasteiger partial charge < -0.3 is 0 Å². The summed E-state index contributed by atoms with van der Waals surface area (Å²) >= 11 is 5.84. The molecule has 0 unspecified atom stereocenters. The maximum absolute atomic E-state index is 9.30. The van der Waals surface area contributed by atoms with E-state index in [4.69, 9.17) is 11.6 Å². The molecule has 22 heavy (non-hydrogen) atoms. The Balaban J connectivity index is 1.83. The number of aromatic amines is 1. The van der Waals surface area contributed by atoms with E-state index in [0.29, 0.717) is 28.8 Å². The predicted molar refractivity (Wildman–Crippen MR) is 80.4 cm³/mol. The van der Waals surface area contributed by atoms with Crippen molar-refractivity contribution in [3.05, 3.63) is 59.2 Å². The first-order valence-corrected chi connectivity index (χ1v) is 6.74. The van der Waals surface area contributed by atoms with Crippen molar-refractivity contribution >= 4 is 23.3 Å². The van der Waals surface area contributed by atoms with Gasteiger partial charge in [-0.1, -0.05) is 23.7 Å². The monoisotopic (exact) mass is 311 g/mol. The van der Waals surface area contributed by atoms with Crippen LogP contribution < -0.4 is 0 Å². The molecule has 0 atom stereocenters. The van der Waals surface area contributed by atoms with Crippen LogP contribution in [0.3, 0.4) is 0 Å². The van der Waals surface area contributed by atoms with Crippen molar-refractivity contribution in [2.45, 2.75) is 6.54 Å². The van der Waals surface area contributed by atoms with E-state index in [9.17, 15) is 5.26 Å². The Morgan fingerprint density at radius 3 is 2.86 bits per heavy atom. The fourth-order valence-corrected chi connectivity index (χ4v) is 1.95. The first kappa shape index (κ1) is 14.0. The van der Waals surface area contributed by atoms with Crippen LogP contribution >= 0.6 is 11.6 Å². The van der Waals surface area contributed by atoms with Crippen molar-refractivity contribution in [2.24, 2.45) is 0 Å². The van der Waals surface area contributed by atoms with Crippen LogP contribution in [0.1, 0.15) is 17.2 Å². The van der Waals surface area contributed by atoms with Crippen LogP contribution in [-0.4, -0.2) is 29.9 Å². The van der Waals surface area contributed by atoms with E-state index in [0.717, 1.165) is 5.56 Å². The number of rotatable bonds is 4. The summed E-state index contributed by atoms with van der Waals surface area (Å²) in [6, 6.07) is 9.27. The number of halogens is 1. The summed E-state index contributed by atoms with van der Waals surface area (Å²) < 4.78 is 1.61. The minimum absolute atomic E-state index is 0.340. The fourth-order valence-electron chi connectivity index (χ4n) is 1.83. The van der Waals surface area contributed by atoms with Gasteiger partial charge in [-0.3, -0.25) is 5.10 Å². The zero-order chi connectivity index (χ0) is 15.4. The molecule has 2 heterocycles. The van der Waals surface area contributed by atoms with Gasteiger partial charge in [-0.2, -0.15) is 15.5 Å². The lowest BCUT2D eigenvalue weighted by atomic mass is 10.1. The molecule has 1 N–H and O–H groups in total. The van der Waals surface area contributed by atoms with Gasteiger partial charge >= 0.3 is 0 Å². The van der Waals surface area contributed by atoms with Crippen molar-refractivity contribution < 1.29 is 0 Å². The largest absolute Gasteiger partial charge is 0.261 e. The van der Waals surface area contributed by atoms with Gasteiger partial charge in [-0.05, 0) is 23.8 Å². The number of nitriles is 1. The molecular formula is C14H10ClN7. The van der Waals surface area contributed by atoms with Crippen LogP contribution in [0.15, 0.2) is 36.9 Å². The Morgan fingerprint density at radius 2 is 2.18 bits per heavy atom. The summed E-state index contributed by atoms with van der Waals surface area (Å²) in [5.74, 6) is 0.935. The summed E-state index contributed by atoms with van der Waals surface area (Å²) in [5.41, 5.74) is 1.21. The van der Waals surface area contributed by atoms with Crippen LogP contribution in [-0.2, 0) is 6.54 Å². The van der Waals surface area contributed by atoms with E-state index in [1.807, 2.05) is 12.1 Å². The van der Waals surface area contributed by atoms with Gasteiger partial charge in [0.25, 0.3) is 0 Å². The molecule has 1 aromatic carbocycles. The van der Waals surface area contributed by atoms with Gasteiger partial charge in [-0.25, -0.2) is 14.6 Å². The standard InChI is InChI=1S/C14H10ClN7/c15-12-3-1-10(2-4-12)5-11(6-16)14-19-13(20-21-14)7-22-9-17-8-18-22/h1-5,8-9H,7H2,(H,19,20,21)/b11-5+. The number of hydrogen-bond donors (Lipinski definition) is 1. The lowest BCUT2D eigenvalue weighted by Crippen LogP contribution is -2.01. The molecule has 0 radical (unpaired) electrons. The second-order valence-electron chi connectivity index (χ2n) is 4.42. The average molecular weight is 312 g/mol. The minimum Gasteiger partial charge on any atom is -0.261 e. The van der Waals surface area contributed by atoms with Crippen LogP contribution in [0, 0.1) is 11.3 Å². The van der Waals surface area contributed by atoms with Gasteiger partial charge in [0.1, 0.15) is 31.1 Å². The molecule has 3 rings (SSSR count). The normalized spacial score (nSPS) is 11.4. The van der Waals surface area contributed by atoms with Crippen LogP contribution in [0.25, 0.3) is 11.6 Å². The van der Waals surface area contributed by atoms with E-state index >= 15 is 0 Å². The number of nitrogens with zero attached hydrogens (tertiary/aromatic N) is 6. The molecule has 3 aromatic rings. The zero-order valence-corrected chi connectivity index (χ0v) is 12.1. The van der Waals surface area contributed by atoms with Crippen LogP contribution in [0.4, 0.5) is 0 Å². The molecular weight excluding hydrogens is 302 g/mol. The minimum atomic E-state index is 0.340. The third-order valence-electron chi connectivity index (χ3n) is 2.85. The molecule has 0 spiro atoms. The third-order valence-corrected chi connectivity index (χ3v) is 3.10. The SMILES string of the molecule is N#C/C(=C\c1ccc(Cl)cc1)c1n[nH]c(Cn2cncn2)n1.